The van der Waals surface area contributed by atoms with E-state index < -0.39 is 17.7 Å². The first-order valence-corrected chi connectivity index (χ1v) is 11.4. The smallest absolute Gasteiger partial charge is 0.311 e. The Hall–Kier alpha value is -2.45. The maximum Gasteiger partial charge on any atom is 0.311 e. The lowest BCUT2D eigenvalue weighted by Gasteiger charge is -2.47. The van der Waals surface area contributed by atoms with Crippen LogP contribution in [-0.4, -0.2) is 39.5 Å². The van der Waals surface area contributed by atoms with Gasteiger partial charge in [-0.3, -0.25) is 4.90 Å². The van der Waals surface area contributed by atoms with Gasteiger partial charge in [0.05, 0.1) is 9.86 Å². The number of piperazine rings is 1. The zero-order valence-electron chi connectivity index (χ0n) is 17.3. The first-order valence-electron chi connectivity index (χ1n) is 10.7. The highest BCUT2D eigenvalue weighted by atomic mass is 79.9. The summed E-state index contributed by atoms with van der Waals surface area (Å²) in [4.78, 5) is 12.2. The van der Waals surface area contributed by atoms with E-state index in [4.69, 9.17) is 0 Å². The van der Waals surface area contributed by atoms with Gasteiger partial charge in [-0.25, -0.2) is 8.78 Å². The Labute approximate surface area is 192 Å². The number of halogens is 4. The van der Waals surface area contributed by atoms with Crippen molar-refractivity contribution in [3.05, 3.63) is 76.8 Å². The van der Waals surface area contributed by atoms with Crippen molar-refractivity contribution in [1.29, 1.82) is 0 Å². The summed E-state index contributed by atoms with van der Waals surface area (Å²) < 4.78 is 43.3. The summed E-state index contributed by atoms with van der Waals surface area (Å²) in [6.07, 6.45) is 3.44. The van der Waals surface area contributed by atoms with E-state index in [1.165, 1.54) is 5.56 Å². The second kappa shape index (κ2) is 8.48. The second-order valence-electron chi connectivity index (χ2n) is 8.39. The molecule has 2 aliphatic rings. The van der Waals surface area contributed by atoms with Gasteiger partial charge in [0.1, 0.15) is 17.2 Å². The molecule has 0 spiro atoms. The Morgan fingerprint density at radius 3 is 2.62 bits per heavy atom. The number of aromatic nitrogens is 2. The Morgan fingerprint density at radius 1 is 1.09 bits per heavy atom. The third-order valence-electron chi connectivity index (χ3n) is 6.60. The highest BCUT2D eigenvalue weighted by Gasteiger charge is 2.46. The summed E-state index contributed by atoms with van der Waals surface area (Å²) in [6, 6.07) is 11.4. The Kier molecular flexibility index (Phi) is 5.67. The topological polar surface area (TPSA) is 32.3 Å². The fourth-order valence-electron chi connectivity index (χ4n) is 5.25. The zero-order chi connectivity index (χ0) is 22.4. The molecule has 0 radical (unpaired) electrons. The van der Waals surface area contributed by atoms with E-state index in [9.17, 15) is 13.2 Å². The molecule has 2 fully saturated rings. The van der Waals surface area contributed by atoms with Crippen molar-refractivity contribution < 1.29 is 13.2 Å². The van der Waals surface area contributed by atoms with Gasteiger partial charge >= 0.3 is 6.08 Å². The van der Waals surface area contributed by atoms with E-state index in [1.807, 2.05) is 29.2 Å². The lowest BCUT2D eigenvalue weighted by atomic mass is 9.98. The van der Waals surface area contributed by atoms with Gasteiger partial charge in [-0.2, -0.15) is 14.4 Å². The van der Waals surface area contributed by atoms with Crippen molar-refractivity contribution in [2.45, 2.75) is 43.9 Å². The number of hydrogen-bond acceptors (Lipinski definition) is 4. The molecule has 3 aromatic rings. The Bertz CT molecular complexity index is 1170. The predicted octanol–water partition coefficient (Wildman–Crippen LogP) is 5.61. The molecule has 2 bridgehead atoms. The normalized spacial score (nSPS) is 23.1. The molecule has 2 saturated heterocycles. The number of nitrogens with zero attached hydrogens (tertiary/aromatic N) is 4. The lowest BCUT2D eigenvalue weighted by molar-refractivity contribution is 0.128. The molecule has 1 aromatic heterocycles. The number of rotatable bonds is 5. The molecule has 5 rings (SSSR count). The summed E-state index contributed by atoms with van der Waals surface area (Å²) in [5.41, 5.74) is 1.01. The molecule has 2 aromatic carbocycles. The van der Waals surface area contributed by atoms with Crippen LogP contribution in [0.15, 0.2) is 53.5 Å². The van der Waals surface area contributed by atoms with Crippen LogP contribution in [0.25, 0.3) is 10.9 Å². The van der Waals surface area contributed by atoms with E-state index >= 15 is 0 Å². The van der Waals surface area contributed by atoms with Crippen molar-refractivity contribution in [3.63, 3.8) is 0 Å². The standard InChI is InChI=1S/C24H22BrF3N4/c1-2-6-18-19-10-9-15(31(19)12-14-7-4-3-5-8-14)13-32(18)23-20-21(25)16(26)11-17(27)22(20)29-24(28)30-23/h2-5,7-8,11,15,18-19H,1,6,9-10,12-13H2/t15-,18+,19+/m0/s1. The van der Waals surface area contributed by atoms with Gasteiger partial charge < -0.3 is 4.90 Å². The third-order valence-corrected chi connectivity index (χ3v) is 7.38. The van der Waals surface area contributed by atoms with Crippen molar-refractivity contribution in [3.8, 4) is 0 Å². The molecule has 4 nitrogen and oxygen atoms in total. The molecule has 3 atom stereocenters. The minimum Gasteiger partial charge on any atom is -0.349 e. The fourth-order valence-corrected chi connectivity index (χ4v) is 5.73. The molecule has 8 heteroatoms. The molecular weight excluding hydrogens is 481 g/mol. The first kappa shape index (κ1) is 21.4. The van der Waals surface area contributed by atoms with Gasteiger partial charge in [0.25, 0.3) is 0 Å². The van der Waals surface area contributed by atoms with Gasteiger partial charge in [0.15, 0.2) is 5.82 Å². The number of hydrogen-bond donors (Lipinski definition) is 0. The minimum absolute atomic E-state index is 0.0420. The van der Waals surface area contributed by atoms with Crippen LogP contribution in [0.3, 0.4) is 0 Å². The van der Waals surface area contributed by atoms with Crippen LogP contribution in [0.5, 0.6) is 0 Å². The van der Waals surface area contributed by atoms with Gasteiger partial charge in [-0.05, 0) is 40.8 Å². The lowest BCUT2D eigenvalue weighted by Crippen LogP contribution is -2.59. The molecular formula is C24H22BrF3N4. The van der Waals surface area contributed by atoms with Crippen molar-refractivity contribution in [1.82, 2.24) is 14.9 Å². The van der Waals surface area contributed by atoms with E-state index in [0.717, 1.165) is 19.4 Å². The molecule has 0 aliphatic carbocycles. The van der Waals surface area contributed by atoms with Crippen LogP contribution in [0.1, 0.15) is 24.8 Å². The monoisotopic (exact) mass is 502 g/mol. The van der Waals surface area contributed by atoms with E-state index in [-0.39, 0.29) is 39.3 Å². The van der Waals surface area contributed by atoms with E-state index in [2.05, 4.69) is 49.5 Å². The highest BCUT2D eigenvalue weighted by molar-refractivity contribution is 9.10. The molecule has 32 heavy (non-hydrogen) atoms. The van der Waals surface area contributed by atoms with E-state index in [1.54, 1.807) is 0 Å². The van der Waals surface area contributed by atoms with Crippen molar-refractivity contribution in [2.24, 2.45) is 0 Å². The van der Waals surface area contributed by atoms with E-state index in [0.29, 0.717) is 19.0 Å². The quantitative estimate of drug-likeness (QED) is 0.258. The van der Waals surface area contributed by atoms with Gasteiger partial charge in [-0.15, -0.1) is 6.58 Å². The largest absolute Gasteiger partial charge is 0.349 e. The average molecular weight is 503 g/mol. The highest BCUT2D eigenvalue weighted by Crippen LogP contribution is 2.42. The average Bonchev–Trinajstić information content (AvgIpc) is 3.06. The van der Waals surface area contributed by atoms with Crippen LogP contribution < -0.4 is 4.90 Å². The molecule has 0 unspecified atom stereocenters. The van der Waals surface area contributed by atoms with Crippen molar-refractivity contribution in [2.75, 3.05) is 11.4 Å². The fraction of sp³-hybridized carbons (Fsp3) is 0.333. The zero-order valence-corrected chi connectivity index (χ0v) is 18.9. The van der Waals surface area contributed by atoms with Gasteiger partial charge in [-0.1, -0.05) is 36.4 Å². The molecule has 3 heterocycles. The minimum atomic E-state index is -1.03. The second-order valence-corrected chi connectivity index (χ2v) is 9.19. The molecule has 0 saturated carbocycles. The molecule has 0 N–H and O–H groups in total. The number of anilines is 1. The third kappa shape index (κ3) is 3.59. The summed E-state index contributed by atoms with van der Waals surface area (Å²) >= 11 is 3.22. The van der Waals surface area contributed by atoms with Crippen LogP contribution in [0.4, 0.5) is 19.0 Å². The summed E-state index contributed by atoms with van der Waals surface area (Å²) in [5, 5.41) is 0.161. The van der Waals surface area contributed by atoms with Crippen LogP contribution in [0.2, 0.25) is 0 Å². The summed E-state index contributed by atoms with van der Waals surface area (Å²) in [5.74, 6) is -1.45. The van der Waals surface area contributed by atoms with Gasteiger partial charge in [0, 0.05) is 37.3 Å². The maximum absolute atomic E-state index is 14.5. The SMILES string of the molecule is C=CC[C@@H]1[C@H]2CC[C@@H](CN1c1nc(F)nc3c(F)cc(F)c(Br)c13)N2Cc1ccccc1. The molecule has 0 amide bonds. The molecule has 2 aliphatic heterocycles. The Morgan fingerprint density at radius 2 is 1.88 bits per heavy atom. The number of benzene rings is 2. The van der Waals surface area contributed by atoms with Crippen LogP contribution >= 0.6 is 15.9 Å². The predicted molar refractivity (Wildman–Crippen MR) is 122 cm³/mol. The summed E-state index contributed by atoms with van der Waals surface area (Å²) in [6.45, 7) is 5.32. The maximum atomic E-state index is 14.5. The number of fused-ring (bicyclic) bond motifs is 3. The summed E-state index contributed by atoms with van der Waals surface area (Å²) in [7, 11) is 0. The van der Waals surface area contributed by atoms with Crippen LogP contribution in [-0.2, 0) is 6.54 Å². The first-order chi connectivity index (χ1) is 15.5. The molecule has 166 valence electrons. The van der Waals surface area contributed by atoms with Crippen LogP contribution in [0, 0.1) is 17.7 Å². The van der Waals surface area contributed by atoms with Crippen molar-refractivity contribution >= 4 is 32.7 Å². The van der Waals surface area contributed by atoms with Gasteiger partial charge in [0.2, 0.25) is 0 Å². The Balaban J connectivity index is 1.59.